The normalized spacial score (nSPS) is 31.6. The lowest BCUT2D eigenvalue weighted by molar-refractivity contribution is 0.129. The lowest BCUT2D eigenvalue weighted by Gasteiger charge is -2.39. The van der Waals surface area contributed by atoms with Crippen LogP contribution >= 0.6 is 0 Å². The molecule has 2 aliphatic rings. The Balaban J connectivity index is 1.67. The number of hydrogen-bond donors (Lipinski definition) is 0. The topological polar surface area (TPSA) is 3.24 Å². The fourth-order valence-corrected chi connectivity index (χ4v) is 4.53. The molecule has 1 saturated carbocycles. The molecule has 1 heterocycles. The van der Waals surface area contributed by atoms with E-state index in [-0.39, 0.29) is 0 Å². The van der Waals surface area contributed by atoms with Crippen molar-refractivity contribution in [3.8, 4) is 11.8 Å². The summed E-state index contributed by atoms with van der Waals surface area (Å²) >= 11 is 0. The van der Waals surface area contributed by atoms with E-state index in [0.717, 1.165) is 18.2 Å². The van der Waals surface area contributed by atoms with Gasteiger partial charge in [0.25, 0.3) is 0 Å². The zero-order valence-corrected chi connectivity index (χ0v) is 12.9. The molecule has 20 heavy (non-hydrogen) atoms. The fraction of sp³-hybridized carbons (Fsp3) is 0.579. The minimum Gasteiger partial charge on any atom is -0.289 e. The first-order chi connectivity index (χ1) is 9.46. The Labute approximate surface area is 123 Å². The van der Waals surface area contributed by atoms with E-state index in [0.29, 0.717) is 10.8 Å². The molecule has 1 saturated heterocycles. The average Bonchev–Trinajstić information content (AvgIpc) is 2.60. The minimum absolute atomic E-state index is 0.499. The van der Waals surface area contributed by atoms with Crippen LogP contribution in [0.15, 0.2) is 30.3 Å². The molecular weight excluding hydrogens is 242 g/mol. The summed E-state index contributed by atoms with van der Waals surface area (Å²) in [4.78, 5) is 2.62. The molecule has 3 rings (SSSR count). The smallest absolute Gasteiger partial charge is 0.0607 e. The van der Waals surface area contributed by atoms with Gasteiger partial charge in [-0.25, -0.2) is 0 Å². The highest BCUT2D eigenvalue weighted by Gasteiger charge is 2.49. The Morgan fingerprint density at radius 3 is 2.65 bits per heavy atom. The number of fused-ring (bicyclic) bond motifs is 2. The van der Waals surface area contributed by atoms with Crippen LogP contribution in [-0.2, 0) is 0 Å². The summed E-state index contributed by atoms with van der Waals surface area (Å²) in [5, 5.41) is 0. The van der Waals surface area contributed by atoms with Gasteiger partial charge in [-0.05, 0) is 42.2 Å². The maximum atomic E-state index is 3.38. The zero-order valence-electron chi connectivity index (χ0n) is 12.9. The van der Waals surface area contributed by atoms with Gasteiger partial charge in [0.15, 0.2) is 0 Å². The molecule has 1 aromatic rings. The van der Waals surface area contributed by atoms with Crippen LogP contribution in [-0.4, -0.2) is 24.0 Å². The van der Waals surface area contributed by atoms with Crippen LogP contribution in [0.3, 0.4) is 0 Å². The predicted molar refractivity (Wildman–Crippen MR) is 84.4 cm³/mol. The highest BCUT2D eigenvalue weighted by Crippen LogP contribution is 2.52. The van der Waals surface area contributed by atoms with Gasteiger partial charge in [0.05, 0.1) is 6.54 Å². The third kappa shape index (κ3) is 2.91. The quantitative estimate of drug-likeness (QED) is 0.697. The molecule has 0 spiro atoms. The number of nitrogens with zero attached hydrogens (tertiary/aromatic N) is 1. The predicted octanol–water partition coefficient (Wildman–Crippen LogP) is 3.94. The van der Waals surface area contributed by atoms with E-state index < -0.39 is 0 Å². The molecule has 0 N–H and O–H groups in total. The van der Waals surface area contributed by atoms with Crippen molar-refractivity contribution in [2.75, 3.05) is 13.1 Å². The van der Waals surface area contributed by atoms with Crippen molar-refractivity contribution in [1.29, 1.82) is 0 Å². The van der Waals surface area contributed by atoms with Crippen LogP contribution in [0.4, 0.5) is 0 Å². The first-order valence-electron chi connectivity index (χ1n) is 7.74. The van der Waals surface area contributed by atoms with Crippen LogP contribution in [0.2, 0.25) is 0 Å². The summed E-state index contributed by atoms with van der Waals surface area (Å²) in [6.07, 6.45) is 4.05. The number of rotatable bonds is 1. The van der Waals surface area contributed by atoms with Crippen molar-refractivity contribution in [3.63, 3.8) is 0 Å². The summed E-state index contributed by atoms with van der Waals surface area (Å²) in [5.74, 6) is 6.67. The second-order valence-corrected chi connectivity index (χ2v) is 7.79. The molecule has 1 heteroatoms. The molecule has 1 nitrogen and oxygen atoms in total. The van der Waals surface area contributed by atoms with Crippen LogP contribution in [0.1, 0.15) is 45.6 Å². The molecule has 2 fully saturated rings. The summed E-state index contributed by atoms with van der Waals surface area (Å²) in [6, 6.07) is 11.1. The van der Waals surface area contributed by atoms with Gasteiger partial charge in [0.2, 0.25) is 0 Å². The minimum atomic E-state index is 0.499. The van der Waals surface area contributed by atoms with Gasteiger partial charge < -0.3 is 0 Å². The lowest BCUT2D eigenvalue weighted by atomic mass is 9.65. The maximum Gasteiger partial charge on any atom is 0.0607 e. The molecular formula is C19H25N. The number of likely N-dealkylation sites (tertiary alicyclic amines) is 1. The Morgan fingerprint density at radius 2 is 1.90 bits per heavy atom. The Bertz CT molecular complexity index is 534. The van der Waals surface area contributed by atoms with Gasteiger partial charge in [-0.3, -0.25) is 4.90 Å². The fourth-order valence-electron chi connectivity index (χ4n) is 4.53. The van der Waals surface area contributed by atoms with Gasteiger partial charge >= 0.3 is 0 Å². The summed E-state index contributed by atoms with van der Waals surface area (Å²) in [7, 11) is 0. The lowest BCUT2D eigenvalue weighted by Crippen LogP contribution is -2.34. The first kappa shape index (κ1) is 13.7. The van der Waals surface area contributed by atoms with Crippen molar-refractivity contribution in [1.82, 2.24) is 4.90 Å². The third-order valence-electron chi connectivity index (χ3n) is 4.81. The monoisotopic (exact) mass is 267 g/mol. The van der Waals surface area contributed by atoms with E-state index >= 15 is 0 Å². The molecule has 1 aliphatic heterocycles. The molecule has 1 aliphatic carbocycles. The third-order valence-corrected chi connectivity index (χ3v) is 4.81. The molecule has 106 valence electrons. The second-order valence-electron chi connectivity index (χ2n) is 7.79. The molecule has 2 bridgehead atoms. The molecule has 0 radical (unpaired) electrons. The van der Waals surface area contributed by atoms with Crippen molar-refractivity contribution in [3.05, 3.63) is 35.9 Å². The van der Waals surface area contributed by atoms with E-state index in [4.69, 9.17) is 0 Å². The number of hydrogen-bond acceptors (Lipinski definition) is 1. The van der Waals surface area contributed by atoms with Gasteiger partial charge in [-0.2, -0.15) is 0 Å². The Kier molecular flexibility index (Phi) is 3.38. The van der Waals surface area contributed by atoms with Gasteiger partial charge in [-0.15, -0.1) is 0 Å². The van der Waals surface area contributed by atoms with Crippen LogP contribution in [0.25, 0.3) is 0 Å². The summed E-state index contributed by atoms with van der Waals surface area (Å²) in [5.41, 5.74) is 2.14. The van der Waals surface area contributed by atoms with Crippen LogP contribution in [0, 0.1) is 22.7 Å². The van der Waals surface area contributed by atoms with E-state index in [1.807, 2.05) is 6.07 Å². The van der Waals surface area contributed by atoms with E-state index in [1.165, 1.54) is 25.8 Å². The van der Waals surface area contributed by atoms with Gasteiger partial charge in [-0.1, -0.05) is 50.8 Å². The Hall–Kier alpha value is -1.26. The van der Waals surface area contributed by atoms with E-state index in [1.54, 1.807) is 0 Å². The van der Waals surface area contributed by atoms with E-state index in [2.05, 4.69) is 61.8 Å². The molecule has 1 aromatic carbocycles. The van der Waals surface area contributed by atoms with E-state index in [9.17, 15) is 0 Å². The standard InChI is InChI=1S/C19H25N/c1-18(2)12-17-13-19(3,14-18)15-20(17)11-7-10-16-8-5-4-6-9-16/h4-6,8-9,17H,11-15H2,1-3H3. The molecule has 2 unspecified atom stereocenters. The highest BCUT2D eigenvalue weighted by atomic mass is 15.2. The molecule has 2 atom stereocenters. The highest BCUT2D eigenvalue weighted by molar-refractivity contribution is 5.33. The Morgan fingerprint density at radius 1 is 1.15 bits per heavy atom. The van der Waals surface area contributed by atoms with Crippen molar-refractivity contribution in [2.45, 2.75) is 46.1 Å². The average molecular weight is 267 g/mol. The van der Waals surface area contributed by atoms with Crippen molar-refractivity contribution < 1.29 is 0 Å². The van der Waals surface area contributed by atoms with Gasteiger partial charge in [0, 0.05) is 18.2 Å². The van der Waals surface area contributed by atoms with Crippen LogP contribution < -0.4 is 0 Å². The van der Waals surface area contributed by atoms with Crippen molar-refractivity contribution in [2.24, 2.45) is 10.8 Å². The molecule has 0 amide bonds. The number of benzene rings is 1. The SMILES string of the molecule is CC1(C)CC2CC(C)(CN2CC#Cc2ccccc2)C1. The largest absolute Gasteiger partial charge is 0.289 e. The van der Waals surface area contributed by atoms with Crippen LogP contribution in [0.5, 0.6) is 0 Å². The van der Waals surface area contributed by atoms with Crippen molar-refractivity contribution >= 4 is 0 Å². The first-order valence-corrected chi connectivity index (χ1v) is 7.74. The maximum absolute atomic E-state index is 3.38. The van der Waals surface area contributed by atoms with Gasteiger partial charge in [0.1, 0.15) is 0 Å². The summed E-state index contributed by atoms with van der Waals surface area (Å²) in [6.45, 7) is 9.47. The summed E-state index contributed by atoms with van der Waals surface area (Å²) < 4.78 is 0. The second kappa shape index (κ2) is 4.93. The molecule has 0 aromatic heterocycles. The zero-order chi connectivity index (χ0) is 14.2.